The van der Waals surface area contributed by atoms with Gasteiger partial charge in [0, 0.05) is 5.41 Å². The third kappa shape index (κ3) is 3.92. The van der Waals surface area contributed by atoms with Crippen LogP contribution in [0.4, 0.5) is 0 Å². The van der Waals surface area contributed by atoms with E-state index in [0.717, 1.165) is 5.75 Å². The van der Waals surface area contributed by atoms with Gasteiger partial charge in [-0.05, 0) is 101 Å². The van der Waals surface area contributed by atoms with E-state index in [1.165, 1.54) is 77.2 Å². The predicted molar refractivity (Wildman–Crippen MR) is 182 cm³/mol. The van der Waals surface area contributed by atoms with Gasteiger partial charge in [-0.25, -0.2) is 0 Å². The Morgan fingerprint density at radius 1 is 0.419 bits per heavy atom. The number of fused-ring (bicyclic) bond motifs is 5. The van der Waals surface area contributed by atoms with Crippen molar-refractivity contribution in [1.29, 1.82) is 0 Å². The van der Waals surface area contributed by atoms with Crippen LogP contribution in [0.25, 0.3) is 66.1 Å². The Hall–Kier alpha value is -5.14. The van der Waals surface area contributed by atoms with Crippen molar-refractivity contribution in [3.8, 4) is 50.3 Å². The maximum atomic E-state index is 5.50. The third-order valence-electron chi connectivity index (χ3n) is 9.38. The van der Waals surface area contributed by atoms with Crippen LogP contribution in [0.1, 0.15) is 25.0 Å². The molecule has 0 amide bonds. The molecule has 43 heavy (non-hydrogen) atoms. The molecule has 0 N–H and O–H groups in total. The number of ether oxygens (including phenoxy) is 1. The van der Waals surface area contributed by atoms with E-state index in [-0.39, 0.29) is 5.41 Å². The van der Waals surface area contributed by atoms with Gasteiger partial charge >= 0.3 is 0 Å². The van der Waals surface area contributed by atoms with E-state index in [1.807, 2.05) is 0 Å². The smallest absolute Gasteiger partial charge is 0.118 e. The molecule has 206 valence electrons. The Morgan fingerprint density at radius 3 is 1.74 bits per heavy atom. The fourth-order valence-corrected chi connectivity index (χ4v) is 7.24. The van der Waals surface area contributed by atoms with Crippen LogP contribution in [0.2, 0.25) is 0 Å². The van der Waals surface area contributed by atoms with Gasteiger partial charge in [0.05, 0.1) is 7.11 Å². The molecular weight excluding hydrogens is 520 g/mol. The highest BCUT2D eigenvalue weighted by Gasteiger charge is 2.35. The largest absolute Gasteiger partial charge is 0.497 e. The topological polar surface area (TPSA) is 9.23 Å². The summed E-state index contributed by atoms with van der Waals surface area (Å²) in [5.74, 6) is 0.863. The second-order valence-corrected chi connectivity index (χ2v) is 12.1. The molecule has 0 heterocycles. The quantitative estimate of drug-likeness (QED) is 0.197. The summed E-state index contributed by atoms with van der Waals surface area (Å²) in [7, 11) is 1.72. The van der Waals surface area contributed by atoms with Crippen molar-refractivity contribution in [2.24, 2.45) is 0 Å². The molecule has 0 aromatic heterocycles. The maximum absolute atomic E-state index is 5.50. The SMILES string of the molecule is COc1ccc(-c2c3ccccc3c(-c3ccc4c(c3)-c3ccccc3C4(C)C)c3cc(-c4ccccc4)ccc23)cc1. The molecular formula is C42H32O. The van der Waals surface area contributed by atoms with Gasteiger partial charge in [-0.15, -0.1) is 0 Å². The highest BCUT2D eigenvalue weighted by molar-refractivity contribution is 6.22. The fraction of sp³-hybridized carbons (Fsp3) is 0.0952. The molecule has 0 fully saturated rings. The summed E-state index contributed by atoms with van der Waals surface area (Å²) < 4.78 is 5.50. The molecule has 7 aromatic carbocycles. The van der Waals surface area contributed by atoms with E-state index in [2.05, 4.69) is 153 Å². The van der Waals surface area contributed by atoms with Gasteiger partial charge in [0.25, 0.3) is 0 Å². The fourth-order valence-electron chi connectivity index (χ4n) is 7.24. The van der Waals surface area contributed by atoms with Crippen LogP contribution in [0.5, 0.6) is 5.75 Å². The molecule has 7 aromatic rings. The molecule has 0 aliphatic heterocycles. The summed E-state index contributed by atoms with van der Waals surface area (Å²) in [5.41, 5.74) is 12.9. The van der Waals surface area contributed by atoms with E-state index < -0.39 is 0 Å². The van der Waals surface area contributed by atoms with Crippen molar-refractivity contribution >= 4 is 21.5 Å². The summed E-state index contributed by atoms with van der Waals surface area (Å²) in [6, 6.07) is 51.1. The zero-order valence-electron chi connectivity index (χ0n) is 24.7. The van der Waals surface area contributed by atoms with Gasteiger partial charge in [0.1, 0.15) is 5.75 Å². The maximum Gasteiger partial charge on any atom is 0.118 e. The van der Waals surface area contributed by atoms with Gasteiger partial charge in [-0.1, -0.05) is 129 Å². The van der Waals surface area contributed by atoms with Crippen molar-refractivity contribution in [1.82, 2.24) is 0 Å². The van der Waals surface area contributed by atoms with E-state index in [0.29, 0.717) is 0 Å². The van der Waals surface area contributed by atoms with E-state index in [1.54, 1.807) is 7.11 Å². The van der Waals surface area contributed by atoms with Crippen LogP contribution in [0.15, 0.2) is 140 Å². The third-order valence-corrected chi connectivity index (χ3v) is 9.38. The van der Waals surface area contributed by atoms with Gasteiger partial charge in [-0.2, -0.15) is 0 Å². The summed E-state index contributed by atoms with van der Waals surface area (Å²) in [5, 5.41) is 5.02. The highest BCUT2D eigenvalue weighted by Crippen LogP contribution is 2.51. The Morgan fingerprint density at radius 2 is 1.00 bits per heavy atom. The van der Waals surface area contributed by atoms with E-state index >= 15 is 0 Å². The molecule has 1 heteroatoms. The van der Waals surface area contributed by atoms with Crippen LogP contribution in [-0.2, 0) is 5.41 Å². The van der Waals surface area contributed by atoms with Crippen molar-refractivity contribution in [3.05, 3.63) is 151 Å². The van der Waals surface area contributed by atoms with Crippen molar-refractivity contribution in [2.75, 3.05) is 7.11 Å². The second kappa shape index (κ2) is 9.71. The zero-order chi connectivity index (χ0) is 29.1. The number of rotatable bonds is 4. The lowest BCUT2D eigenvalue weighted by Crippen LogP contribution is -2.14. The average molecular weight is 553 g/mol. The lowest BCUT2D eigenvalue weighted by Gasteiger charge is -2.22. The van der Waals surface area contributed by atoms with E-state index in [9.17, 15) is 0 Å². The number of methoxy groups -OCH3 is 1. The predicted octanol–water partition coefficient (Wildman–Crippen LogP) is 11.3. The first kappa shape index (κ1) is 25.6. The summed E-state index contributed by atoms with van der Waals surface area (Å²) in [6.45, 7) is 4.69. The molecule has 0 unspecified atom stereocenters. The van der Waals surface area contributed by atoms with Crippen LogP contribution in [0.3, 0.4) is 0 Å². The van der Waals surface area contributed by atoms with Gasteiger partial charge in [0.2, 0.25) is 0 Å². The van der Waals surface area contributed by atoms with Crippen molar-refractivity contribution in [3.63, 3.8) is 0 Å². The summed E-state index contributed by atoms with van der Waals surface area (Å²) in [6.07, 6.45) is 0. The molecule has 1 nitrogen and oxygen atoms in total. The molecule has 0 saturated heterocycles. The Balaban J connectivity index is 1.47. The monoisotopic (exact) mass is 552 g/mol. The number of hydrogen-bond acceptors (Lipinski definition) is 1. The molecule has 0 saturated carbocycles. The summed E-state index contributed by atoms with van der Waals surface area (Å²) >= 11 is 0. The average Bonchev–Trinajstić information content (AvgIpc) is 3.29. The minimum absolute atomic E-state index is 0.0205. The van der Waals surface area contributed by atoms with Crippen LogP contribution >= 0.6 is 0 Å². The molecule has 0 atom stereocenters. The lowest BCUT2D eigenvalue weighted by molar-refractivity contribution is 0.415. The van der Waals surface area contributed by atoms with Crippen LogP contribution < -0.4 is 4.74 Å². The minimum Gasteiger partial charge on any atom is -0.497 e. The minimum atomic E-state index is -0.0205. The highest BCUT2D eigenvalue weighted by atomic mass is 16.5. The van der Waals surface area contributed by atoms with E-state index in [4.69, 9.17) is 4.74 Å². The molecule has 8 rings (SSSR count). The van der Waals surface area contributed by atoms with Crippen molar-refractivity contribution < 1.29 is 4.74 Å². The van der Waals surface area contributed by atoms with Gasteiger partial charge < -0.3 is 4.74 Å². The molecule has 1 aliphatic rings. The number of hydrogen-bond donors (Lipinski definition) is 0. The Kier molecular flexibility index (Phi) is 5.77. The first-order valence-corrected chi connectivity index (χ1v) is 15.0. The normalized spacial score (nSPS) is 13.2. The standard InChI is InChI=1S/C42H32O/c1-42(2)38-16-10-9-13-32(38)36-26-30(20-24-39(36)42)41-34-15-8-7-14-33(34)40(28-17-21-31(43-3)22-18-28)35-23-19-29(25-37(35)41)27-11-5-4-6-12-27/h4-26H,1-3H3. The zero-order valence-corrected chi connectivity index (χ0v) is 24.7. The lowest BCUT2D eigenvalue weighted by atomic mass is 9.81. The molecule has 0 bridgehead atoms. The second-order valence-electron chi connectivity index (χ2n) is 12.1. The first-order valence-electron chi connectivity index (χ1n) is 15.0. The summed E-state index contributed by atoms with van der Waals surface area (Å²) in [4.78, 5) is 0. The van der Waals surface area contributed by atoms with Crippen LogP contribution in [-0.4, -0.2) is 7.11 Å². The first-order chi connectivity index (χ1) is 21.0. The van der Waals surface area contributed by atoms with Crippen LogP contribution in [0, 0.1) is 0 Å². The molecule has 0 spiro atoms. The van der Waals surface area contributed by atoms with Crippen molar-refractivity contribution in [2.45, 2.75) is 19.3 Å². The van der Waals surface area contributed by atoms with Gasteiger partial charge in [-0.3, -0.25) is 0 Å². The molecule has 1 aliphatic carbocycles. The Bertz CT molecular complexity index is 2170. The van der Waals surface area contributed by atoms with Gasteiger partial charge in [0.15, 0.2) is 0 Å². The Labute approximate surface area is 253 Å². The number of benzene rings is 7. The molecule has 0 radical (unpaired) electrons.